The number of rotatable bonds is 3. The van der Waals surface area contributed by atoms with E-state index in [0.29, 0.717) is 22.9 Å². The van der Waals surface area contributed by atoms with Crippen LogP contribution in [-0.2, 0) is 22.9 Å². The molecule has 3 aromatic rings. The Kier molecular flexibility index (Phi) is 3.90. The third-order valence-corrected chi connectivity index (χ3v) is 6.71. The minimum absolute atomic E-state index is 0.143. The van der Waals surface area contributed by atoms with Gasteiger partial charge in [-0.1, -0.05) is 22.8 Å². The first-order chi connectivity index (χ1) is 11.8. The summed E-state index contributed by atoms with van der Waals surface area (Å²) in [6, 6.07) is 5.58. The number of fused-ring (bicyclic) bond motifs is 3. The number of nitrogens with one attached hydrogen (secondary N) is 2. The van der Waals surface area contributed by atoms with Gasteiger partial charge in [-0.2, -0.15) is 0 Å². The molecule has 0 fully saturated rings. The second-order valence-electron chi connectivity index (χ2n) is 6.49. The van der Waals surface area contributed by atoms with Gasteiger partial charge in [0.05, 0.1) is 0 Å². The van der Waals surface area contributed by atoms with Gasteiger partial charge in [0, 0.05) is 27.7 Å². The molecule has 1 aliphatic rings. The largest absolute Gasteiger partial charge is 0.360 e. The molecule has 0 spiro atoms. The predicted molar refractivity (Wildman–Crippen MR) is 95.4 cm³/mol. The average Bonchev–Trinajstić information content (AvgIpc) is 3.06. The molecule has 0 saturated heterocycles. The van der Waals surface area contributed by atoms with Gasteiger partial charge in [-0.25, -0.2) is 13.1 Å². The van der Waals surface area contributed by atoms with Gasteiger partial charge >= 0.3 is 0 Å². The molecular weight excluding hydrogens is 362 g/mol. The number of hydrogen-bond acceptors (Lipinski definition) is 4. The molecule has 2 N–H and O–H groups in total. The number of aromatic amines is 1. The average molecular weight is 380 g/mol. The maximum atomic E-state index is 12.7. The van der Waals surface area contributed by atoms with Gasteiger partial charge in [0.2, 0.25) is 10.0 Å². The van der Waals surface area contributed by atoms with Gasteiger partial charge in [-0.15, -0.1) is 0 Å². The summed E-state index contributed by atoms with van der Waals surface area (Å²) in [6.07, 6.45) is 2.16. The van der Waals surface area contributed by atoms with Crippen molar-refractivity contribution in [3.05, 3.63) is 45.9 Å². The maximum absolute atomic E-state index is 12.7. The number of nitrogens with zero attached hydrogens (tertiary/aromatic N) is 1. The van der Waals surface area contributed by atoms with Crippen LogP contribution < -0.4 is 4.72 Å². The van der Waals surface area contributed by atoms with Crippen LogP contribution in [0.1, 0.15) is 29.1 Å². The number of aryl methyl sites for hydroxylation is 3. The number of benzene rings is 1. The molecule has 1 atom stereocenters. The number of H-pyrrole nitrogens is 1. The van der Waals surface area contributed by atoms with Crippen LogP contribution in [-0.4, -0.2) is 24.6 Å². The van der Waals surface area contributed by atoms with E-state index in [1.807, 2.05) is 18.2 Å². The molecule has 0 saturated carbocycles. The molecule has 0 amide bonds. The Balaban J connectivity index is 1.64. The summed E-state index contributed by atoms with van der Waals surface area (Å²) in [4.78, 5) is 3.54. The fourth-order valence-corrected chi connectivity index (χ4v) is 5.41. The SMILES string of the molecule is Cc1noc(C)c1S(=O)(=O)NC1CCc2[nH]c3cc(Cl)ccc3c2C1. The molecule has 4 rings (SSSR count). The van der Waals surface area contributed by atoms with Crippen LogP contribution in [0.4, 0.5) is 0 Å². The number of halogens is 1. The molecule has 2 aromatic heterocycles. The van der Waals surface area contributed by atoms with Crippen molar-refractivity contribution < 1.29 is 12.9 Å². The topological polar surface area (TPSA) is 88.0 Å². The van der Waals surface area contributed by atoms with Crippen molar-refractivity contribution in [2.45, 2.75) is 44.0 Å². The lowest BCUT2D eigenvalue weighted by Gasteiger charge is -2.23. The van der Waals surface area contributed by atoms with Crippen LogP contribution >= 0.6 is 11.6 Å². The van der Waals surface area contributed by atoms with E-state index in [0.717, 1.165) is 35.0 Å². The summed E-state index contributed by atoms with van der Waals surface area (Å²) >= 11 is 6.06. The van der Waals surface area contributed by atoms with Crippen molar-refractivity contribution in [1.82, 2.24) is 14.9 Å². The zero-order chi connectivity index (χ0) is 17.8. The van der Waals surface area contributed by atoms with Gasteiger partial charge in [0.1, 0.15) is 10.6 Å². The molecule has 1 aromatic carbocycles. The maximum Gasteiger partial charge on any atom is 0.246 e. The van der Waals surface area contributed by atoms with Crippen LogP contribution in [0, 0.1) is 13.8 Å². The van der Waals surface area contributed by atoms with Gasteiger partial charge in [0.25, 0.3) is 0 Å². The van der Waals surface area contributed by atoms with Gasteiger partial charge < -0.3 is 9.51 Å². The molecule has 2 heterocycles. The fraction of sp³-hybridized carbons (Fsp3) is 0.353. The van der Waals surface area contributed by atoms with Crippen LogP contribution in [0.25, 0.3) is 10.9 Å². The highest BCUT2D eigenvalue weighted by molar-refractivity contribution is 7.89. The summed E-state index contributed by atoms with van der Waals surface area (Å²) < 4.78 is 33.3. The second-order valence-corrected chi connectivity index (χ2v) is 8.57. The zero-order valence-electron chi connectivity index (χ0n) is 13.9. The minimum atomic E-state index is -3.66. The van der Waals surface area contributed by atoms with E-state index < -0.39 is 10.0 Å². The Morgan fingerprint density at radius 1 is 1.36 bits per heavy atom. The van der Waals surface area contributed by atoms with Crippen molar-refractivity contribution in [3.63, 3.8) is 0 Å². The first-order valence-corrected chi connectivity index (χ1v) is 9.95. The van der Waals surface area contributed by atoms with E-state index in [2.05, 4.69) is 14.9 Å². The summed E-state index contributed by atoms with van der Waals surface area (Å²) in [5.74, 6) is 0.309. The highest BCUT2D eigenvalue weighted by Crippen LogP contribution is 2.31. The molecule has 25 heavy (non-hydrogen) atoms. The normalized spacial score (nSPS) is 17.8. The molecular formula is C17H18ClN3O3S. The molecule has 6 nitrogen and oxygen atoms in total. The summed E-state index contributed by atoms with van der Waals surface area (Å²) in [5, 5.41) is 5.52. The minimum Gasteiger partial charge on any atom is -0.360 e. The van der Waals surface area contributed by atoms with E-state index in [9.17, 15) is 8.42 Å². The summed E-state index contributed by atoms with van der Waals surface area (Å²) in [7, 11) is -3.66. The zero-order valence-corrected chi connectivity index (χ0v) is 15.5. The lowest BCUT2D eigenvalue weighted by molar-refractivity contribution is 0.390. The first kappa shape index (κ1) is 16.6. The van der Waals surface area contributed by atoms with E-state index in [-0.39, 0.29) is 10.9 Å². The van der Waals surface area contributed by atoms with Crippen molar-refractivity contribution in [2.75, 3.05) is 0 Å². The predicted octanol–water partition coefficient (Wildman–Crippen LogP) is 3.26. The van der Waals surface area contributed by atoms with Crippen molar-refractivity contribution in [2.24, 2.45) is 0 Å². The van der Waals surface area contributed by atoms with Crippen molar-refractivity contribution >= 4 is 32.5 Å². The van der Waals surface area contributed by atoms with E-state index in [4.69, 9.17) is 16.1 Å². The van der Waals surface area contributed by atoms with Gasteiger partial charge in [0.15, 0.2) is 5.76 Å². The summed E-state index contributed by atoms with van der Waals surface area (Å²) in [5.41, 5.74) is 3.68. The number of aromatic nitrogens is 2. The van der Waals surface area contributed by atoms with Crippen molar-refractivity contribution in [3.8, 4) is 0 Å². The third-order valence-electron chi connectivity index (χ3n) is 4.71. The fourth-order valence-electron chi connectivity index (χ4n) is 3.63. The Morgan fingerprint density at radius 2 is 2.16 bits per heavy atom. The van der Waals surface area contributed by atoms with Crippen LogP contribution in [0.5, 0.6) is 0 Å². The first-order valence-electron chi connectivity index (χ1n) is 8.09. The smallest absolute Gasteiger partial charge is 0.246 e. The molecule has 0 radical (unpaired) electrons. The molecule has 1 aliphatic carbocycles. The summed E-state index contributed by atoms with van der Waals surface area (Å²) in [6.45, 7) is 3.24. The van der Waals surface area contributed by atoms with Crippen LogP contribution in [0.2, 0.25) is 5.02 Å². The lowest BCUT2D eigenvalue weighted by atomic mass is 9.92. The lowest BCUT2D eigenvalue weighted by Crippen LogP contribution is -2.39. The quantitative estimate of drug-likeness (QED) is 0.731. The van der Waals surface area contributed by atoms with E-state index in [1.54, 1.807) is 13.8 Å². The van der Waals surface area contributed by atoms with Crippen molar-refractivity contribution in [1.29, 1.82) is 0 Å². The highest BCUT2D eigenvalue weighted by atomic mass is 35.5. The standard InChI is InChI=1S/C17H18ClN3O3S/c1-9-17(10(2)24-20-9)25(22,23)21-12-4-6-15-14(8-12)13-5-3-11(18)7-16(13)19-15/h3,5,7,12,19,21H,4,6,8H2,1-2H3. The third kappa shape index (κ3) is 2.86. The Bertz CT molecular complexity index is 1050. The molecule has 0 aliphatic heterocycles. The molecule has 0 bridgehead atoms. The molecule has 8 heteroatoms. The Labute approximate surface area is 150 Å². The van der Waals surface area contributed by atoms with Gasteiger partial charge in [-0.05, 0) is 50.8 Å². The van der Waals surface area contributed by atoms with E-state index >= 15 is 0 Å². The Hall–Kier alpha value is -1.83. The van der Waals surface area contributed by atoms with E-state index in [1.165, 1.54) is 0 Å². The molecule has 1 unspecified atom stereocenters. The second kappa shape index (κ2) is 5.86. The van der Waals surface area contributed by atoms with Crippen LogP contribution in [0.15, 0.2) is 27.6 Å². The Morgan fingerprint density at radius 3 is 2.88 bits per heavy atom. The van der Waals surface area contributed by atoms with Crippen LogP contribution in [0.3, 0.4) is 0 Å². The highest BCUT2D eigenvalue weighted by Gasteiger charge is 2.30. The number of sulfonamides is 1. The number of hydrogen-bond donors (Lipinski definition) is 2. The van der Waals surface area contributed by atoms with Gasteiger partial charge in [-0.3, -0.25) is 0 Å². The molecule has 132 valence electrons. The monoisotopic (exact) mass is 379 g/mol.